The first-order valence-corrected chi connectivity index (χ1v) is 11.0. The second-order valence-electron chi connectivity index (χ2n) is 8.27. The van der Waals surface area contributed by atoms with Crippen LogP contribution >= 0.6 is 0 Å². The van der Waals surface area contributed by atoms with E-state index in [0.717, 1.165) is 17.6 Å². The molecule has 2 N–H and O–H groups in total. The van der Waals surface area contributed by atoms with Gasteiger partial charge in [0.25, 0.3) is 5.91 Å². The van der Waals surface area contributed by atoms with Crippen LogP contribution < -0.4 is 10.6 Å². The van der Waals surface area contributed by atoms with Crippen molar-refractivity contribution < 1.29 is 9.59 Å². The standard InChI is InChI=1S/C26H26N4O2/c31-25(20-6-2-1-3-7-20)29-14-12-19(13-15-29)21-10-11-24(27-16-21)28-26(32)30-17-22-8-4-5-9-23(22)18-30/h1-12,16,24,27H,13-15,17-18H2,(H,28,32). The van der Waals surface area contributed by atoms with E-state index in [2.05, 4.69) is 28.8 Å². The number of nitrogens with one attached hydrogen (secondary N) is 2. The van der Waals surface area contributed by atoms with E-state index in [4.69, 9.17) is 0 Å². The number of dihydropyridines is 1. The number of carbonyl (C=O) groups excluding carboxylic acids is 2. The van der Waals surface area contributed by atoms with Gasteiger partial charge in [-0.2, -0.15) is 0 Å². The summed E-state index contributed by atoms with van der Waals surface area (Å²) >= 11 is 0. The van der Waals surface area contributed by atoms with E-state index >= 15 is 0 Å². The van der Waals surface area contributed by atoms with Gasteiger partial charge < -0.3 is 20.4 Å². The second kappa shape index (κ2) is 8.75. The summed E-state index contributed by atoms with van der Waals surface area (Å²) in [4.78, 5) is 29.0. The molecule has 3 aliphatic rings. The van der Waals surface area contributed by atoms with Crippen molar-refractivity contribution in [3.8, 4) is 0 Å². The van der Waals surface area contributed by atoms with Crippen LogP contribution in [-0.2, 0) is 13.1 Å². The van der Waals surface area contributed by atoms with Crippen molar-refractivity contribution in [3.05, 3.63) is 107 Å². The fourth-order valence-electron chi connectivity index (χ4n) is 4.35. The lowest BCUT2D eigenvalue weighted by atomic mass is 9.98. The van der Waals surface area contributed by atoms with Gasteiger partial charge in [-0.25, -0.2) is 4.79 Å². The van der Waals surface area contributed by atoms with E-state index < -0.39 is 0 Å². The number of urea groups is 1. The average Bonchev–Trinajstić information content (AvgIpc) is 3.29. The molecule has 1 unspecified atom stereocenters. The molecule has 0 aliphatic carbocycles. The summed E-state index contributed by atoms with van der Waals surface area (Å²) in [5, 5.41) is 6.30. The van der Waals surface area contributed by atoms with Gasteiger partial charge in [0, 0.05) is 37.9 Å². The van der Waals surface area contributed by atoms with Crippen molar-refractivity contribution in [2.45, 2.75) is 25.7 Å². The lowest BCUT2D eigenvalue weighted by Crippen LogP contribution is -2.47. The number of nitrogens with zero attached hydrogens (tertiary/aromatic N) is 2. The van der Waals surface area contributed by atoms with Crippen molar-refractivity contribution >= 4 is 11.9 Å². The monoisotopic (exact) mass is 426 g/mol. The highest BCUT2D eigenvalue weighted by Gasteiger charge is 2.25. The first-order valence-electron chi connectivity index (χ1n) is 11.0. The highest BCUT2D eigenvalue weighted by atomic mass is 16.2. The highest BCUT2D eigenvalue weighted by molar-refractivity contribution is 5.94. The Kier molecular flexibility index (Phi) is 5.50. The van der Waals surface area contributed by atoms with Gasteiger partial charge in [-0.3, -0.25) is 4.79 Å². The Bertz CT molecular complexity index is 1090. The zero-order valence-electron chi connectivity index (χ0n) is 17.8. The summed E-state index contributed by atoms with van der Waals surface area (Å²) in [6.45, 7) is 2.58. The number of allylic oxidation sites excluding steroid dienone is 2. The van der Waals surface area contributed by atoms with Crippen LogP contribution in [0.1, 0.15) is 27.9 Å². The Balaban J connectivity index is 1.14. The highest BCUT2D eigenvalue weighted by Crippen LogP contribution is 2.24. The quantitative estimate of drug-likeness (QED) is 0.789. The molecule has 2 aromatic carbocycles. The maximum absolute atomic E-state index is 12.7. The molecule has 0 spiro atoms. The van der Waals surface area contributed by atoms with Gasteiger partial charge in [-0.1, -0.05) is 54.6 Å². The Morgan fingerprint density at radius 1 is 0.938 bits per heavy atom. The molecule has 6 nitrogen and oxygen atoms in total. The summed E-state index contributed by atoms with van der Waals surface area (Å²) in [5.74, 6) is 0.0685. The van der Waals surface area contributed by atoms with Crippen molar-refractivity contribution in [2.24, 2.45) is 0 Å². The molecule has 162 valence electrons. The van der Waals surface area contributed by atoms with Gasteiger partial charge >= 0.3 is 6.03 Å². The third kappa shape index (κ3) is 4.17. The van der Waals surface area contributed by atoms with Crippen molar-refractivity contribution in [1.29, 1.82) is 0 Å². The molecule has 0 radical (unpaired) electrons. The van der Waals surface area contributed by atoms with E-state index in [1.807, 2.05) is 70.6 Å². The molecular formula is C26H26N4O2. The molecule has 0 bridgehead atoms. The zero-order chi connectivity index (χ0) is 21.9. The largest absolute Gasteiger partial charge is 0.367 e. The van der Waals surface area contributed by atoms with E-state index in [1.165, 1.54) is 16.7 Å². The topological polar surface area (TPSA) is 64.7 Å². The SMILES string of the molecule is O=C(NC1C=CC(C2=CCN(C(=O)c3ccccc3)CC2)=CN1)N1Cc2ccccc2C1. The van der Waals surface area contributed by atoms with Gasteiger partial charge in [-0.05, 0) is 46.9 Å². The van der Waals surface area contributed by atoms with Crippen molar-refractivity contribution in [1.82, 2.24) is 20.4 Å². The molecule has 2 aromatic rings. The number of rotatable bonds is 3. The smallest absolute Gasteiger partial charge is 0.319 e. The summed E-state index contributed by atoms with van der Waals surface area (Å²) < 4.78 is 0. The van der Waals surface area contributed by atoms with Crippen LogP contribution in [0.15, 0.2) is 90.2 Å². The maximum atomic E-state index is 12.7. The van der Waals surface area contributed by atoms with Gasteiger partial charge in [0.05, 0.1) is 0 Å². The minimum Gasteiger partial charge on any atom is -0.367 e. The molecular weight excluding hydrogens is 400 g/mol. The normalized spacial score (nSPS) is 19.6. The molecule has 0 saturated heterocycles. The molecule has 3 aliphatic heterocycles. The van der Waals surface area contributed by atoms with Crippen LogP contribution in [0, 0.1) is 0 Å². The molecule has 1 atom stereocenters. The van der Waals surface area contributed by atoms with Crippen LogP contribution in [0.2, 0.25) is 0 Å². The second-order valence-corrected chi connectivity index (χ2v) is 8.27. The first kappa shape index (κ1) is 20.1. The van der Waals surface area contributed by atoms with E-state index in [0.29, 0.717) is 26.2 Å². The van der Waals surface area contributed by atoms with E-state index in [1.54, 1.807) is 0 Å². The van der Waals surface area contributed by atoms with Gasteiger partial charge in [0.15, 0.2) is 0 Å². The zero-order valence-corrected chi connectivity index (χ0v) is 17.8. The van der Waals surface area contributed by atoms with Gasteiger partial charge in [-0.15, -0.1) is 0 Å². The number of benzene rings is 2. The Morgan fingerprint density at radius 3 is 2.28 bits per heavy atom. The Hall–Kier alpha value is -3.80. The number of fused-ring (bicyclic) bond motifs is 1. The fraction of sp³-hybridized carbons (Fsp3) is 0.231. The Labute approximate surface area is 187 Å². The average molecular weight is 427 g/mol. The number of amides is 3. The predicted molar refractivity (Wildman–Crippen MR) is 123 cm³/mol. The molecule has 5 rings (SSSR count). The molecule has 0 fully saturated rings. The molecule has 6 heteroatoms. The molecule has 32 heavy (non-hydrogen) atoms. The number of carbonyl (C=O) groups is 2. The maximum Gasteiger partial charge on any atom is 0.319 e. The van der Waals surface area contributed by atoms with E-state index in [9.17, 15) is 9.59 Å². The fourth-order valence-corrected chi connectivity index (χ4v) is 4.35. The third-order valence-electron chi connectivity index (χ3n) is 6.18. The van der Waals surface area contributed by atoms with Crippen LogP contribution in [0.5, 0.6) is 0 Å². The molecule has 0 aromatic heterocycles. The van der Waals surface area contributed by atoms with Crippen LogP contribution in [-0.4, -0.2) is 41.0 Å². The minimum absolute atomic E-state index is 0.0685. The molecule has 3 amide bonds. The number of hydrogen-bond acceptors (Lipinski definition) is 3. The summed E-state index contributed by atoms with van der Waals surface area (Å²) in [6, 6.07) is 17.5. The number of hydrogen-bond donors (Lipinski definition) is 2. The molecule has 0 saturated carbocycles. The third-order valence-corrected chi connectivity index (χ3v) is 6.18. The predicted octanol–water partition coefficient (Wildman–Crippen LogP) is 3.55. The minimum atomic E-state index is -0.240. The lowest BCUT2D eigenvalue weighted by molar-refractivity contribution is 0.0769. The van der Waals surface area contributed by atoms with Crippen LogP contribution in [0.25, 0.3) is 0 Å². The van der Waals surface area contributed by atoms with Crippen LogP contribution in [0.3, 0.4) is 0 Å². The summed E-state index contributed by atoms with van der Waals surface area (Å²) in [5.41, 5.74) is 5.45. The molecule has 3 heterocycles. The van der Waals surface area contributed by atoms with E-state index in [-0.39, 0.29) is 18.1 Å². The first-order chi connectivity index (χ1) is 15.7. The van der Waals surface area contributed by atoms with Crippen molar-refractivity contribution in [3.63, 3.8) is 0 Å². The van der Waals surface area contributed by atoms with Crippen LogP contribution in [0.4, 0.5) is 4.79 Å². The summed E-state index contributed by atoms with van der Waals surface area (Å²) in [6.07, 6.45) is 8.64. The van der Waals surface area contributed by atoms with Gasteiger partial charge in [0.1, 0.15) is 6.17 Å². The Morgan fingerprint density at radius 2 is 1.66 bits per heavy atom. The van der Waals surface area contributed by atoms with Gasteiger partial charge in [0.2, 0.25) is 0 Å². The lowest BCUT2D eigenvalue weighted by Gasteiger charge is -2.28. The van der Waals surface area contributed by atoms with Crippen molar-refractivity contribution in [2.75, 3.05) is 13.1 Å². The summed E-state index contributed by atoms with van der Waals surface area (Å²) in [7, 11) is 0.